The second kappa shape index (κ2) is 7.21. The Morgan fingerprint density at radius 2 is 1.88 bits per heavy atom. The van der Waals surface area contributed by atoms with E-state index in [9.17, 15) is 14.7 Å². The third-order valence-electron chi connectivity index (χ3n) is 4.19. The molecule has 2 rings (SSSR count). The standard InChI is InChI=1S/C18H25NO5/c1-17(2,3)13-6-4-5-7-14(13)24-12-15(20)19-18(16(21)22)8-10-23-11-9-18/h4-7H,8-12H2,1-3H3,(H,19,20)(H,21,22). The van der Waals surface area contributed by atoms with Crippen molar-refractivity contribution in [2.45, 2.75) is 44.6 Å². The smallest absolute Gasteiger partial charge is 0.329 e. The molecular weight excluding hydrogens is 310 g/mol. The number of para-hydroxylation sites is 1. The van der Waals surface area contributed by atoms with Crippen molar-refractivity contribution < 1.29 is 24.2 Å². The second-order valence-electron chi connectivity index (χ2n) is 7.08. The van der Waals surface area contributed by atoms with Crippen LogP contribution in [0.5, 0.6) is 5.75 Å². The fraction of sp³-hybridized carbons (Fsp3) is 0.556. The minimum atomic E-state index is -1.26. The van der Waals surface area contributed by atoms with Gasteiger partial charge in [0.25, 0.3) is 5.91 Å². The number of hydrogen-bond acceptors (Lipinski definition) is 4. The fourth-order valence-corrected chi connectivity index (χ4v) is 2.77. The van der Waals surface area contributed by atoms with Crippen LogP contribution < -0.4 is 10.1 Å². The molecule has 2 N–H and O–H groups in total. The molecule has 0 aliphatic carbocycles. The van der Waals surface area contributed by atoms with Crippen molar-refractivity contribution in [3.05, 3.63) is 29.8 Å². The van der Waals surface area contributed by atoms with Gasteiger partial charge in [-0.1, -0.05) is 39.0 Å². The lowest BCUT2D eigenvalue weighted by Crippen LogP contribution is -2.58. The first-order valence-corrected chi connectivity index (χ1v) is 8.09. The van der Waals surface area contributed by atoms with Crippen LogP contribution in [-0.2, 0) is 19.7 Å². The number of carboxylic acid groups (broad SMARTS) is 1. The van der Waals surface area contributed by atoms with Crippen molar-refractivity contribution >= 4 is 11.9 Å². The average molecular weight is 335 g/mol. The lowest BCUT2D eigenvalue weighted by atomic mass is 9.86. The van der Waals surface area contributed by atoms with Crippen LogP contribution in [0.15, 0.2) is 24.3 Å². The number of hydrogen-bond donors (Lipinski definition) is 2. The molecule has 0 aromatic heterocycles. The first-order valence-electron chi connectivity index (χ1n) is 8.09. The normalized spacial score (nSPS) is 17.1. The third kappa shape index (κ3) is 4.26. The molecule has 1 aliphatic rings. The monoisotopic (exact) mass is 335 g/mol. The third-order valence-corrected chi connectivity index (χ3v) is 4.19. The van der Waals surface area contributed by atoms with E-state index in [0.29, 0.717) is 19.0 Å². The Hall–Kier alpha value is -2.08. The molecule has 0 unspecified atom stereocenters. The number of carboxylic acids is 1. The molecule has 1 saturated heterocycles. The number of rotatable bonds is 5. The molecular formula is C18H25NO5. The Morgan fingerprint density at radius 3 is 2.46 bits per heavy atom. The van der Waals surface area contributed by atoms with E-state index >= 15 is 0 Å². The maximum atomic E-state index is 12.2. The van der Waals surface area contributed by atoms with Gasteiger partial charge >= 0.3 is 5.97 Å². The van der Waals surface area contributed by atoms with Crippen LogP contribution in [0.2, 0.25) is 0 Å². The number of aliphatic carboxylic acids is 1. The molecule has 1 aromatic carbocycles. The average Bonchev–Trinajstić information content (AvgIpc) is 2.53. The number of benzene rings is 1. The zero-order chi connectivity index (χ0) is 17.8. The van der Waals surface area contributed by atoms with Gasteiger partial charge in [0.2, 0.25) is 0 Å². The first kappa shape index (κ1) is 18.3. The summed E-state index contributed by atoms with van der Waals surface area (Å²) in [5.41, 5.74) is -0.380. The lowest BCUT2D eigenvalue weighted by Gasteiger charge is -2.33. The van der Waals surface area contributed by atoms with Gasteiger partial charge in [0.15, 0.2) is 6.61 Å². The highest BCUT2D eigenvalue weighted by molar-refractivity contribution is 5.87. The summed E-state index contributed by atoms with van der Waals surface area (Å²) in [6.45, 7) is 6.62. The molecule has 0 radical (unpaired) electrons. The number of nitrogens with one attached hydrogen (secondary N) is 1. The van der Waals surface area contributed by atoms with Gasteiger partial charge in [-0.3, -0.25) is 4.79 Å². The van der Waals surface area contributed by atoms with Crippen LogP contribution in [0.25, 0.3) is 0 Å². The van der Waals surface area contributed by atoms with Gasteiger partial charge in [-0.05, 0) is 17.0 Å². The maximum Gasteiger partial charge on any atom is 0.329 e. The Labute approximate surface area is 142 Å². The largest absolute Gasteiger partial charge is 0.483 e. The van der Waals surface area contributed by atoms with Crippen LogP contribution >= 0.6 is 0 Å². The highest BCUT2D eigenvalue weighted by atomic mass is 16.5. The van der Waals surface area contributed by atoms with E-state index in [1.807, 2.05) is 24.3 Å². The van der Waals surface area contributed by atoms with Gasteiger partial charge in [0, 0.05) is 26.1 Å². The number of amides is 1. The van der Waals surface area contributed by atoms with E-state index in [2.05, 4.69) is 26.1 Å². The second-order valence-corrected chi connectivity index (χ2v) is 7.08. The van der Waals surface area contributed by atoms with Crippen molar-refractivity contribution in [3.63, 3.8) is 0 Å². The van der Waals surface area contributed by atoms with Crippen molar-refractivity contribution in [2.24, 2.45) is 0 Å². The highest BCUT2D eigenvalue weighted by Gasteiger charge is 2.41. The highest BCUT2D eigenvalue weighted by Crippen LogP contribution is 2.31. The van der Waals surface area contributed by atoms with Gasteiger partial charge in [-0.2, -0.15) is 0 Å². The van der Waals surface area contributed by atoms with Gasteiger partial charge in [0.1, 0.15) is 11.3 Å². The molecule has 132 valence electrons. The van der Waals surface area contributed by atoms with E-state index in [1.54, 1.807) is 0 Å². The lowest BCUT2D eigenvalue weighted by molar-refractivity contribution is -0.152. The number of carbonyl (C=O) groups is 2. The Morgan fingerprint density at radius 1 is 1.25 bits per heavy atom. The van der Waals surface area contributed by atoms with Crippen LogP contribution in [0, 0.1) is 0 Å². The summed E-state index contributed by atoms with van der Waals surface area (Å²) in [6, 6.07) is 7.55. The number of carbonyl (C=O) groups excluding carboxylic acids is 1. The van der Waals surface area contributed by atoms with E-state index in [1.165, 1.54) is 0 Å². The SMILES string of the molecule is CC(C)(C)c1ccccc1OCC(=O)NC1(C(=O)O)CCOCC1. The van der Waals surface area contributed by atoms with E-state index in [-0.39, 0.29) is 24.9 Å². The van der Waals surface area contributed by atoms with Crippen LogP contribution in [0.3, 0.4) is 0 Å². The van der Waals surface area contributed by atoms with Crippen molar-refractivity contribution in [1.29, 1.82) is 0 Å². The quantitative estimate of drug-likeness (QED) is 0.861. The summed E-state index contributed by atoms with van der Waals surface area (Å²) in [5.74, 6) is -0.839. The predicted octanol–water partition coefficient (Wildman–Crippen LogP) is 2.11. The molecule has 6 heteroatoms. The molecule has 1 fully saturated rings. The molecule has 0 bridgehead atoms. The van der Waals surface area contributed by atoms with Crippen molar-refractivity contribution in [3.8, 4) is 5.75 Å². The molecule has 0 spiro atoms. The van der Waals surface area contributed by atoms with Crippen LogP contribution in [0.4, 0.5) is 0 Å². The Balaban J connectivity index is 2.02. The molecule has 0 atom stereocenters. The Kier molecular flexibility index (Phi) is 5.49. The summed E-state index contributed by atoms with van der Waals surface area (Å²) in [7, 11) is 0. The zero-order valence-corrected chi connectivity index (χ0v) is 14.4. The summed E-state index contributed by atoms with van der Waals surface area (Å²) < 4.78 is 10.8. The van der Waals surface area contributed by atoms with Crippen molar-refractivity contribution in [2.75, 3.05) is 19.8 Å². The van der Waals surface area contributed by atoms with Gasteiger partial charge in [-0.15, -0.1) is 0 Å². The fourth-order valence-electron chi connectivity index (χ4n) is 2.77. The molecule has 1 heterocycles. The minimum Gasteiger partial charge on any atom is -0.483 e. The molecule has 24 heavy (non-hydrogen) atoms. The van der Waals surface area contributed by atoms with Gasteiger partial charge < -0.3 is 19.9 Å². The van der Waals surface area contributed by atoms with Gasteiger partial charge in [0.05, 0.1) is 0 Å². The Bertz CT molecular complexity index is 600. The summed E-state index contributed by atoms with van der Waals surface area (Å²) in [5, 5.41) is 12.1. The molecule has 1 aliphatic heterocycles. The minimum absolute atomic E-state index is 0.115. The topological polar surface area (TPSA) is 84.9 Å². The summed E-state index contributed by atoms with van der Waals surface area (Å²) >= 11 is 0. The molecule has 1 amide bonds. The zero-order valence-electron chi connectivity index (χ0n) is 14.4. The summed E-state index contributed by atoms with van der Waals surface area (Å²) in [6.07, 6.45) is 0.513. The predicted molar refractivity (Wildman–Crippen MR) is 89.2 cm³/mol. The molecule has 0 saturated carbocycles. The van der Waals surface area contributed by atoms with Gasteiger partial charge in [-0.25, -0.2) is 4.79 Å². The van der Waals surface area contributed by atoms with E-state index in [4.69, 9.17) is 9.47 Å². The van der Waals surface area contributed by atoms with Crippen LogP contribution in [-0.4, -0.2) is 42.3 Å². The molecule has 6 nitrogen and oxygen atoms in total. The van der Waals surface area contributed by atoms with Crippen molar-refractivity contribution in [1.82, 2.24) is 5.32 Å². The number of ether oxygens (including phenoxy) is 2. The van der Waals surface area contributed by atoms with Crippen LogP contribution in [0.1, 0.15) is 39.2 Å². The van der Waals surface area contributed by atoms with E-state index in [0.717, 1.165) is 5.56 Å². The molecule has 1 aromatic rings. The summed E-state index contributed by atoms with van der Waals surface area (Å²) in [4.78, 5) is 23.8. The van der Waals surface area contributed by atoms with E-state index < -0.39 is 17.4 Å². The first-order chi connectivity index (χ1) is 11.2. The maximum absolute atomic E-state index is 12.2.